The van der Waals surface area contributed by atoms with Crippen LogP contribution in [0.25, 0.3) is 11.1 Å². The van der Waals surface area contributed by atoms with Crippen LogP contribution >= 0.6 is 0 Å². The Kier molecular flexibility index (Phi) is 5.96. The summed E-state index contributed by atoms with van der Waals surface area (Å²) in [6.45, 7) is 8.84. The first-order valence-corrected chi connectivity index (χ1v) is 9.88. The third kappa shape index (κ3) is 4.78. The predicted molar refractivity (Wildman–Crippen MR) is 110 cm³/mol. The van der Waals surface area contributed by atoms with E-state index in [0.29, 0.717) is 24.4 Å². The highest BCUT2D eigenvalue weighted by Crippen LogP contribution is 2.31. The number of likely N-dealkylation sites (tertiary alicyclic amines) is 1. The highest BCUT2D eigenvalue weighted by atomic mass is 16.6. The Bertz CT molecular complexity index is 890. The van der Waals surface area contributed by atoms with E-state index in [4.69, 9.17) is 9.47 Å². The Morgan fingerprint density at radius 1 is 1.21 bits per heavy atom. The van der Waals surface area contributed by atoms with Gasteiger partial charge in [-0.3, -0.25) is 9.48 Å². The van der Waals surface area contributed by atoms with Gasteiger partial charge in [0.2, 0.25) is 0 Å². The maximum Gasteiger partial charge on any atom is 0.410 e. The number of rotatable bonds is 4. The summed E-state index contributed by atoms with van der Waals surface area (Å²) in [5.74, 6) is 0.602. The molecule has 0 atom stereocenters. The van der Waals surface area contributed by atoms with Crippen molar-refractivity contribution in [3.63, 3.8) is 0 Å². The number of piperidine rings is 1. The molecule has 29 heavy (non-hydrogen) atoms. The van der Waals surface area contributed by atoms with Crippen molar-refractivity contribution >= 4 is 12.4 Å². The van der Waals surface area contributed by atoms with Crippen LogP contribution in [0.4, 0.5) is 4.79 Å². The van der Waals surface area contributed by atoms with Crippen molar-refractivity contribution in [2.75, 3.05) is 20.2 Å². The molecular formula is C22H29N3O4. The number of aryl methyl sites for hydroxylation is 1. The van der Waals surface area contributed by atoms with Gasteiger partial charge < -0.3 is 14.4 Å². The van der Waals surface area contributed by atoms with Crippen molar-refractivity contribution in [1.29, 1.82) is 0 Å². The minimum absolute atomic E-state index is 0.229. The summed E-state index contributed by atoms with van der Waals surface area (Å²) in [4.78, 5) is 25.4. The van der Waals surface area contributed by atoms with Crippen LogP contribution in [0.3, 0.4) is 0 Å². The number of aromatic nitrogens is 2. The van der Waals surface area contributed by atoms with Gasteiger partial charge in [0, 0.05) is 24.8 Å². The molecule has 156 valence electrons. The summed E-state index contributed by atoms with van der Waals surface area (Å²) in [6.07, 6.45) is 6.02. The standard InChI is InChI=1S/C22H29N3O4/c1-15-10-16(11-17(14-26)20(15)28-5)18-12-23-25(13-18)19-6-8-24(9-7-19)21(27)29-22(2,3)4/h10-14,19H,6-9H2,1-5H3. The number of hydrogen-bond acceptors (Lipinski definition) is 5. The average Bonchev–Trinajstić information content (AvgIpc) is 3.16. The van der Waals surface area contributed by atoms with Gasteiger partial charge in [-0.2, -0.15) is 5.10 Å². The molecule has 1 aromatic carbocycles. The predicted octanol–water partition coefficient (Wildman–Crippen LogP) is 4.25. The van der Waals surface area contributed by atoms with Crippen molar-refractivity contribution in [2.45, 2.75) is 52.2 Å². The number of benzene rings is 1. The van der Waals surface area contributed by atoms with E-state index in [2.05, 4.69) is 5.10 Å². The van der Waals surface area contributed by atoms with Gasteiger partial charge in [-0.25, -0.2) is 4.79 Å². The monoisotopic (exact) mass is 399 g/mol. The topological polar surface area (TPSA) is 73.7 Å². The van der Waals surface area contributed by atoms with Crippen LogP contribution in [0.15, 0.2) is 24.5 Å². The van der Waals surface area contributed by atoms with Crippen molar-refractivity contribution in [1.82, 2.24) is 14.7 Å². The van der Waals surface area contributed by atoms with Crippen molar-refractivity contribution < 1.29 is 19.1 Å². The summed E-state index contributed by atoms with van der Waals surface area (Å²) in [7, 11) is 1.57. The maximum absolute atomic E-state index is 12.2. The first-order valence-electron chi connectivity index (χ1n) is 9.88. The molecule has 1 amide bonds. The molecule has 0 saturated carbocycles. The number of methoxy groups -OCH3 is 1. The molecule has 0 radical (unpaired) electrons. The van der Waals surface area contributed by atoms with E-state index in [-0.39, 0.29) is 12.1 Å². The van der Waals surface area contributed by atoms with Gasteiger partial charge in [0.25, 0.3) is 0 Å². The molecule has 3 rings (SSSR count). The van der Waals surface area contributed by atoms with E-state index in [9.17, 15) is 9.59 Å². The van der Waals surface area contributed by atoms with Gasteiger partial charge in [0.15, 0.2) is 6.29 Å². The summed E-state index contributed by atoms with van der Waals surface area (Å²) >= 11 is 0. The lowest BCUT2D eigenvalue weighted by molar-refractivity contribution is 0.0184. The smallest absolute Gasteiger partial charge is 0.410 e. The number of ether oxygens (including phenoxy) is 2. The van der Waals surface area contributed by atoms with Gasteiger partial charge in [-0.15, -0.1) is 0 Å². The third-order valence-corrected chi connectivity index (χ3v) is 5.06. The third-order valence-electron chi connectivity index (χ3n) is 5.06. The van der Waals surface area contributed by atoms with E-state index >= 15 is 0 Å². The second kappa shape index (κ2) is 8.27. The Morgan fingerprint density at radius 2 is 1.90 bits per heavy atom. The van der Waals surface area contributed by atoms with Gasteiger partial charge >= 0.3 is 6.09 Å². The Hall–Kier alpha value is -2.83. The fourth-order valence-electron chi connectivity index (χ4n) is 3.66. The summed E-state index contributed by atoms with van der Waals surface area (Å²) in [6, 6.07) is 4.05. The number of nitrogens with zero attached hydrogens (tertiary/aromatic N) is 3. The van der Waals surface area contributed by atoms with Crippen LogP contribution in [0.1, 0.15) is 55.6 Å². The minimum atomic E-state index is -0.484. The molecular weight excluding hydrogens is 370 g/mol. The summed E-state index contributed by atoms with van der Waals surface area (Å²) in [5, 5.41) is 4.54. The molecule has 0 aliphatic carbocycles. The molecule has 0 unspecified atom stereocenters. The molecule has 1 aliphatic heterocycles. The van der Waals surface area contributed by atoms with E-state index < -0.39 is 5.60 Å². The average molecular weight is 399 g/mol. The maximum atomic E-state index is 12.2. The van der Waals surface area contributed by atoms with E-state index in [1.54, 1.807) is 12.0 Å². The number of amides is 1. The molecule has 7 nitrogen and oxygen atoms in total. The quantitative estimate of drug-likeness (QED) is 0.719. The highest BCUT2D eigenvalue weighted by Gasteiger charge is 2.28. The molecule has 0 N–H and O–H groups in total. The first kappa shape index (κ1) is 20.9. The molecule has 0 spiro atoms. The zero-order valence-electron chi connectivity index (χ0n) is 17.8. The first-order chi connectivity index (χ1) is 13.7. The van der Waals surface area contributed by atoms with Crippen LogP contribution < -0.4 is 4.74 Å². The SMILES string of the molecule is COc1c(C)cc(-c2cnn(C3CCN(C(=O)OC(C)(C)C)CC3)c2)cc1C=O. The van der Waals surface area contributed by atoms with Gasteiger partial charge in [-0.05, 0) is 63.8 Å². The molecule has 7 heteroatoms. The number of carbonyl (C=O) groups excluding carboxylic acids is 2. The lowest BCUT2D eigenvalue weighted by Gasteiger charge is -2.33. The van der Waals surface area contributed by atoms with E-state index in [1.807, 2.05) is 56.9 Å². The Balaban J connectivity index is 1.70. The molecule has 2 aromatic rings. The molecule has 1 aromatic heterocycles. The van der Waals surface area contributed by atoms with Crippen molar-refractivity contribution in [2.24, 2.45) is 0 Å². The molecule has 1 aliphatic rings. The summed E-state index contributed by atoms with van der Waals surface area (Å²) in [5.41, 5.74) is 2.84. The second-order valence-corrected chi connectivity index (χ2v) is 8.44. The fourth-order valence-corrected chi connectivity index (χ4v) is 3.66. The van der Waals surface area contributed by atoms with Crippen LogP contribution in [0, 0.1) is 6.92 Å². The number of carbonyl (C=O) groups is 2. The number of hydrogen-bond donors (Lipinski definition) is 0. The molecule has 0 bridgehead atoms. The van der Waals surface area contributed by atoms with Crippen molar-refractivity contribution in [3.8, 4) is 16.9 Å². The van der Waals surface area contributed by atoms with Crippen LogP contribution in [-0.4, -0.2) is 52.9 Å². The molecule has 2 heterocycles. The van der Waals surface area contributed by atoms with Gasteiger partial charge in [0.05, 0.1) is 24.9 Å². The Morgan fingerprint density at radius 3 is 2.48 bits per heavy atom. The molecule has 1 fully saturated rings. The van der Waals surface area contributed by atoms with Gasteiger partial charge in [0.1, 0.15) is 11.4 Å². The zero-order valence-corrected chi connectivity index (χ0v) is 17.8. The molecule has 1 saturated heterocycles. The minimum Gasteiger partial charge on any atom is -0.496 e. The lowest BCUT2D eigenvalue weighted by atomic mass is 10.0. The zero-order chi connectivity index (χ0) is 21.2. The van der Waals surface area contributed by atoms with Crippen LogP contribution in [0.2, 0.25) is 0 Å². The second-order valence-electron chi connectivity index (χ2n) is 8.44. The largest absolute Gasteiger partial charge is 0.496 e. The van der Waals surface area contributed by atoms with Crippen LogP contribution in [0.5, 0.6) is 5.75 Å². The Labute approximate surface area is 171 Å². The van der Waals surface area contributed by atoms with Crippen molar-refractivity contribution in [3.05, 3.63) is 35.7 Å². The van der Waals surface area contributed by atoms with Gasteiger partial charge in [-0.1, -0.05) is 0 Å². The number of aldehydes is 1. The fraction of sp³-hybridized carbons (Fsp3) is 0.500. The highest BCUT2D eigenvalue weighted by molar-refractivity contribution is 5.84. The van der Waals surface area contributed by atoms with Crippen LogP contribution in [-0.2, 0) is 4.74 Å². The lowest BCUT2D eigenvalue weighted by Crippen LogP contribution is -2.42. The normalized spacial score (nSPS) is 15.3. The summed E-state index contributed by atoms with van der Waals surface area (Å²) < 4.78 is 12.7. The van der Waals surface area contributed by atoms with E-state index in [0.717, 1.165) is 35.8 Å². The van der Waals surface area contributed by atoms with E-state index in [1.165, 1.54) is 0 Å².